The summed E-state index contributed by atoms with van der Waals surface area (Å²) in [6, 6.07) is 12.7. The second-order valence-electron chi connectivity index (χ2n) is 20.6. The molecule has 6 aliphatic heterocycles. The number of hydrogen-bond acceptors (Lipinski definition) is 18. The Labute approximate surface area is 482 Å². The predicted molar refractivity (Wildman–Crippen MR) is 308 cm³/mol. The third-order valence-electron chi connectivity index (χ3n) is 15.0. The van der Waals surface area contributed by atoms with Crippen molar-refractivity contribution in [1.82, 2.24) is 24.9 Å². The van der Waals surface area contributed by atoms with E-state index in [-0.39, 0.29) is 99.8 Å². The molecule has 1 N–H and O–H groups in total. The summed E-state index contributed by atoms with van der Waals surface area (Å²) in [6.45, 7) is 12.5. The highest BCUT2D eigenvalue weighted by molar-refractivity contribution is 7.81. The monoisotopic (exact) mass is 1150 g/mol. The molecular weight excluding hydrogens is 1080 g/mol. The number of hydrogen-bond donors (Lipinski definition) is 2. The molecular formula is C59H72N8O14S. The maximum Gasteiger partial charge on any atom is 0.257 e. The van der Waals surface area contributed by atoms with E-state index in [1.54, 1.807) is 42.5 Å². The lowest BCUT2D eigenvalue weighted by Gasteiger charge is -2.36. The van der Waals surface area contributed by atoms with Crippen molar-refractivity contribution in [3.63, 3.8) is 0 Å². The fourth-order valence-corrected chi connectivity index (χ4v) is 10.8. The van der Waals surface area contributed by atoms with Crippen molar-refractivity contribution in [1.29, 1.82) is 0 Å². The third-order valence-corrected chi connectivity index (χ3v) is 15.4. The molecule has 4 fully saturated rings. The number of fused-ring (bicyclic) bond motifs is 4. The fourth-order valence-electron chi connectivity index (χ4n) is 10.5. The minimum atomic E-state index is -0.633. The number of carbonyl (C=O) groups excluding carboxylic acids is 6. The quantitative estimate of drug-likeness (QED) is 0.0448. The molecule has 6 amide bonds. The van der Waals surface area contributed by atoms with Crippen molar-refractivity contribution in [2.45, 2.75) is 69.6 Å². The molecule has 6 aliphatic rings. The smallest absolute Gasteiger partial charge is 0.257 e. The Morgan fingerprint density at radius 1 is 0.671 bits per heavy atom. The van der Waals surface area contributed by atoms with Crippen molar-refractivity contribution in [2.75, 3.05) is 124 Å². The van der Waals surface area contributed by atoms with Crippen molar-refractivity contribution in [3.05, 3.63) is 88.5 Å². The fraction of sp³-hybridized carbons (Fsp3) is 0.492. The molecule has 0 aliphatic carbocycles. The molecule has 2 unspecified atom stereocenters. The molecule has 0 saturated carbocycles. The predicted octanol–water partition coefficient (Wildman–Crippen LogP) is 4.89. The molecule has 9 rings (SSSR count). The van der Waals surface area contributed by atoms with Crippen LogP contribution in [0.1, 0.15) is 70.9 Å². The van der Waals surface area contributed by atoms with Gasteiger partial charge in [-0.2, -0.15) is 12.6 Å². The molecule has 23 heteroatoms. The molecule has 22 nitrogen and oxygen atoms in total. The Bertz CT molecular complexity index is 2980. The lowest BCUT2D eigenvalue weighted by molar-refractivity contribution is -0.138. The van der Waals surface area contributed by atoms with Crippen molar-refractivity contribution >= 4 is 77.6 Å². The molecule has 0 aromatic heterocycles. The van der Waals surface area contributed by atoms with Gasteiger partial charge in [-0.1, -0.05) is 23.8 Å². The van der Waals surface area contributed by atoms with Crippen LogP contribution in [0.3, 0.4) is 0 Å². The summed E-state index contributed by atoms with van der Waals surface area (Å²) >= 11 is 4.08. The van der Waals surface area contributed by atoms with Gasteiger partial charge in [0.1, 0.15) is 13.2 Å². The number of benzene rings is 3. The van der Waals surface area contributed by atoms with Gasteiger partial charge in [-0.3, -0.25) is 43.7 Å². The van der Waals surface area contributed by atoms with E-state index in [1.807, 2.05) is 29.0 Å². The first-order valence-corrected chi connectivity index (χ1v) is 28.3. The van der Waals surface area contributed by atoms with Gasteiger partial charge in [-0.15, -0.1) is 0 Å². The maximum atomic E-state index is 13.8. The first-order valence-electron chi connectivity index (χ1n) is 27.8. The van der Waals surface area contributed by atoms with Gasteiger partial charge in [0.2, 0.25) is 23.6 Å². The Morgan fingerprint density at radius 3 is 1.77 bits per heavy atom. The van der Waals surface area contributed by atoms with Crippen LogP contribution in [0.2, 0.25) is 0 Å². The molecule has 82 heavy (non-hydrogen) atoms. The summed E-state index contributed by atoms with van der Waals surface area (Å²) in [5.74, 6) is 0.486. The molecule has 0 bridgehead atoms. The number of nitrogens with one attached hydrogen (secondary N) is 1. The van der Waals surface area contributed by atoms with E-state index < -0.39 is 5.25 Å². The van der Waals surface area contributed by atoms with E-state index in [0.29, 0.717) is 137 Å². The van der Waals surface area contributed by atoms with Crippen LogP contribution in [0.15, 0.2) is 76.3 Å². The first kappa shape index (κ1) is 59.3. The third kappa shape index (κ3) is 14.6. The Hall–Kier alpha value is -7.31. The van der Waals surface area contributed by atoms with E-state index in [1.165, 1.54) is 12.7 Å². The SMILES string of the molecule is C=C1CC2C=Nc3cc(OCc4cc(COc5cc6c(cc5OC)C(=O)N5C/C(=C/C)C[C@H]5C=N6)cc(N5CCN(C(=O)CCOCCOCCOCCOCCNC(=O)CCN6C(=O)CC(S)C6=O)CC5)c4)c(OC)cc3C(=O)N2C1. The van der Waals surface area contributed by atoms with Crippen LogP contribution in [0.25, 0.3) is 0 Å². The van der Waals surface area contributed by atoms with Gasteiger partial charge in [0.15, 0.2) is 23.0 Å². The van der Waals surface area contributed by atoms with Crippen LogP contribution in [-0.2, 0) is 51.3 Å². The highest BCUT2D eigenvalue weighted by atomic mass is 32.1. The lowest BCUT2D eigenvalue weighted by Crippen LogP contribution is -2.49. The standard InChI is InChI=1S/C59H72N8O14S/c1-5-39-24-44-33-62-48-30-52(50(75-4)28-46(48)58(72)67(44)35-39)81-37-41-23-40(36-80-51-29-47-45(27-49(51)74-3)57(71)66-34-38(2)22-43(66)32-61-47)25-42(26-41)63-10-12-64(13-11-63)55(69)7-14-76-16-18-78-20-21-79-19-17-77-15-8-60-54(68)6-9-65-56(70)31-53(82)59(65)73/h5,23,25-30,32-33,43-44,53,82H,2,6-22,24,31,34-37H2,1,3-4H3,(H,60,68)/b39-5+/t43?,44-,53?/m0/s1. The summed E-state index contributed by atoms with van der Waals surface area (Å²) < 4.78 is 46.9. The second-order valence-corrected chi connectivity index (χ2v) is 21.2. The Morgan fingerprint density at radius 2 is 1.22 bits per heavy atom. The van der Waals surface area contributed by atoms with Crippen LogP contribution in [-0.4, -0.2) is 204 Å². The number of allylic oxidation sites excluding steroid dienone is 1. The van der Waals surface area contributed by atoms with Crippen LogP contribution < -0.4 is 29.2 Å². The maximum absolute atomic E-state index is 13.8. The molecule has 0 radical (unpaired) electrons. The summed E-state index contributed by atoms with van der Waals surface area (Å²) in [5, 5.41) is 2.07. The molecule has 4 saturated heterocycles. The van der Waals surface area contributed by atoms with Crippen molar-refractivity contribution < 1.29 is 66.7 Å². The van der Waals surface area contributed by atoms with Crippen molar-refractivity contribution in [3.8, 4) is 23.0 Å². The Balaban J connectivity index is 0.737. The zero-order valence-corrected chi connectivity index (χ0v) is 47.7. The minimum Gasteiger partial charge on any atom is -0.493 e. The van der Waals surface area contributed by atoms with Crippen LogP contribution in [0.5, 0.6) is 23.0 Å². The van der Waals surface area contributed by atoms with Gasteiger partial charge in [-0.05, 0) is 61.2 Å². The van der Waals surface area contributed by atoms with Gasteiger partial charge < -0.3 is 62.8 Å². The number of carbonyl (C=O) groups is 6. The normalized spacial score (nSPS) is 19.8. The molecule has 3 aromatic carbocycles. The molecule has 438 valence electrons. The zero-order chi connectivity index (χ0) is 57.7. The van der Waals surface area contributed by atoms with E-state index >= 15 is 0 Å². The van der Waals surface area contributed by atoms with Gasteiger partial charge >= 0.3 is 0 Å². The number of rotatable bonds is 27. The highest BCUT2D eigenvalue weighted by Gasteiger charge is 2.38. The molecule has 6 heterocycles. The van der Waals surface area contributed by atoms with Crippen LogP contribution >= 0.6 is 12.6 Å². The number of likely N-dealkylation sites (tertiary alicyclic amines) is 1. The largest absolute Gasteiger partial charge is 0.493 e. The number of amides is 6. The van der Waals surface area contributed by atoms with Crippen LogP contribution in [0.4, 0.5) is 17.1 Å². The van der Waals surface area contributed by atoms with Gasteiger partial charge in [-0.25, -0.2) is 0 Å². The molecule has 3 atom stereocenters. The van der Waals surface area contributed by atoms with Crippen LogP contribution in [0, 0.1) is 0 Å². The molecule has 0 spiro atoms. The number of aliphatic imine (C=N–C) groups is 2. The topological polar surface area (TPSA) is 229 Å². The number of nitrogens with zero attached hydrogens (tertiary/aromatic N) is 7. The van der Waals surface area contributed by atoms with Gasteiger partial charge in [0.25, 0.3) is 11.8 Å². The summed E-state index contributed by atoms with van der Waals surface area (Å²) in [5.41, 5.74) is 6.67. The summed E-state index contributed by atoms with van der Waals surface area (Å²) in [6.07, 6.45) is 7.42. The number of imide groups is 1. The molecule has 3 aromatic rings. The van der Waals surface area contributed by atoms with E-state index in [4.69, 9.17) is 47.9 Å². The minimum absolute atomic E-state index is 0.00478. The van der Waals surface area contributed by atoms with Gasteiger partial charge in [0, 0.05) is 95.4 Å². The first-order chi connectivity index (χ1) is 39.8. The average Bonchev–Trinajstić information content (AvgIpc) is 4.12. The average molecular weight is 1150 g/mol. The summed E-state index contributed by atoms with van der Waals surface area (Å²) in [4.78, 5) is 94.9. The van der Waals surface area contributed by atoms with E-state index in [9.17, 15) is 28.8 Å². The zero-order valence-electron chi connectivity index (χ0n) is 46.8. The number of anilines is 1. The van der Waals surface area contributed by atoms with Gasteiger partial charge in [0.05, 0.1) is 113 Å². The van der Waals surface area contributed by atoms with E-state index in [0.717, 1.165) is 33.7 Å². The Kier molecular flexibility index (Phi) is 20.3. The summed E-state index contributed by atoms with van der Waals surface area (Å²) in [7, 11) is 3.09. The lowest BCUT2D eigenvalue weighted by atomic mass is 10.1. The number of methoxy groups -OCH3 is 2. The number of piperazine rings is 1. The second kappa shape index (κ2) is 28.1. The van der Waals surface area contributed by atoms with Crippen molar-refractivity contribution in [2.24, 2.45) is 9.98 Å². The van der Waals surface area contributed by atoms with E-state index in [2.05, 4.69) is 47.6 Å². The number of ether oxygens (including phenoxy) is 8. The highest BCUT2D eigenvalue weighted by Crippen LogP contribution is 2.41. The number of thiol groups is 1.